The van der Waals surface area contributed by atoms with Crippen molar-refractivity contribution in [1.29, 1.82) is 0 Å². The second kappa shape index (κ2) is 4.85. The minimum atomic E-state index is -0.102. The van der Waals surface area contributed by atoms with Crippen LogP contribution < -0.4 is 5.69 Å². The number of hydrogen-bond acceptors (Lipinski definition) is 3. The largest absolute Gasteiger partial charge is 0.351 e. The molecule has 5 heteroatoms. The van der Waals surface area contributed by atoms with Crippen LogP contribution in [-0.2, 0) is 6.54 Å². The van der Waals surface area contributed by atoms with Gasteiger partial charge in [-0.05, 0) is 41.4 Å². The quantitative estimate of drug-likeness (QED) is 0.734. The Hall–Kier alpha value is -2.14. The highest BCUT2D eigenvalue weighted by atomic mass is 32.1. The van der Waals surface area contributed by atoms with E-state index in [9.17, 15) is 4.79 Å². The molecule has 2 heterocycles. The van der Waals surface area contributed by atoms with E-state index in [4.69, 9.17) is 0 Å². The maximum Gasteiger partial charge on any atom is 0.351 e. The molecule has 0 spiro atoms. The maximum absolute atomic E-state index is 12.4. The fraction of sp³-hybridized carbons (Fsp3) is 0.143. The summed E-state index contributed by atoms with van der Waals surface area (Å²) >= 11 is 1.63. The minimum absolute atomic E-state index is 0.102. The zero-order valence-corrected chi connectivity index (χ0v) is 11.3. The van der Waals surface area contributed by atoms with Crippen molar-refractivity contribution in [3.63, 3.8) is 0 Å². The van der Waals surface area contributed by atoms with E-state index >= 15 is 0 Å². The molecule has 0 radical (unpaired) electrons. The van der Waals surface area contributed by atoms with Gasteiger partial charge in [0.25, 0.3) is 0 Å². The van der Waals surface area contributed by atoms with Gasteiger partial charge in [0.05, 0.1) is 12.2 Å². The van der Waals surface area contributed by atoms with Crippen LogP contribution in [-0.4, -0.2) is 14.3 Å². The second-order valence-corrected chi connectivity index (χ2v) is 5.07. The normalized spacial score (nSPS) is 10.8. The van der Waals surface area contributed by atoms with Crippen LogP contribution in [0.15, 0.2) is 52.0 Å². The Balaban J connectivity index is 2.04. The molecule has 0 aliphatic heterocycles. The van der Waals surface area contributed by atoms with E-state index in [2.05, 4.69) is 5.10 Å². The third-order valence-electron chi connectivity index (χ3n) is 2.97. The van der Waals surface area contributed by atoms with Gasteiger partial charge >= 0.3 is 5.69 Å². The molecular formula is C14H13N3OS. The first-order valence-corrected chi connectivity index (χ1v) is 6.93. The van der Waals surface area contributed by atoms with Crippen LogP contribution in [0.2, 0.25) is 0 Å². The Bertz CT molecular complexity index is 726. The SMILES string of the molecule is Cc1nn(-c2ccccc2)c(=O)n1Cc1ccsc1. The van der Waals surface area contributed by atoms with Crippen LogP contribution in [0.1, 0.15) is 11.4 Å². The van der Waals surface area contributed by atoms with Crippen LogP contribution in [0.3, 0.4) is 0 Å². The van der Waals surface area contributed by atoms with Crippen molar-refractivity contribution in [2.75, 3.05) is 0 Å². The number of aromatic nitrogens is 3. The summed E-state index contributed by atoms with van der Waals surface area (Å²) in [4.78, 5) is 12.4. The van der Waals surface area contributed by atoms with Crippen LogP contribution in [0.4, 0.5) is 0 Å². The second-order valence-electron chi connectivity index (χ2n) is 4.29. The van der Waals surface area contributed by atoms with Crippen LogP contribution in [0, 0.1) is 6.92 Å². The molecule has 1 aromatic carbocycles. The highest BCUT2D eigenvalue weighted by Gasteiger charge is 2.11. The van der Waals surface area contributed by atoms with E-state index in [0.717, 1.165) is 17.1 Å². The number of rotatable bonds is 3. The number of nitrogens with zero attached hydrogens (tertiary/aromatic N) is 3. The fourth-order valence-corrected chi connectivity index (χ4v) is 2.64. The van der Waals surface area contributed by atoms with Crippen molar-refractivity contribution in [2.24, 2.45) is 0 Å². The summed E-state index contributed by atoms with van der Waals surface area (Å²) in [6.07, 6.45) is 0. The molecule has 0 fully saturated rings. The Morgan fingerprint density at radius 2 is 2.00 bits per heavy atom. The van der Waals surface area contributed by atoms with Crippen LogP contribution in [0.25, 0.3) is 5.69 Å². The lowest BCUT2D eigenvalue weighted by Crippen LogP contribution is -2.24. The lowest BCUT2D eigenvalue weighted by Gasteiger charge is -2.00. The zero-order chi connectivity index (χ0) is 13.2. The van der Waals surface area contributed by atoms with E-state index in [1.807, 2.05) is 54.1 Å². The molecular weight excluding hydrogens is 258 g/mol. The van der Waals surface area contributed by atoms with Gasteiger partial charge < -0.3 is 0 Å². The molecule has 0 atom stereocenters. The van der Waals surface area contributed by atoms with Gasteiger partial charge in [0.1, 0.15) is 5.82 Å². The molecule has 0 bridgehead atoms. The molecule has 0 saturated carbocycles. The monoisotopic (exact) mass is 271 g/mol. The van der Waals surface area contributed by atoms with Crippen molar-refractivity contribution in [3.8, 4) is 5.69 Å². The van der Waals surface area contributed by atoms with Crippen molar-refractivity contribution < 1.29 is 0 Å². The minimum Gasteiger partial charge on any atom is -0.274 e. The van der Waals surface area contributed by atoms with Crippen molar-refractivity contribution >= 4 is 11.3 Å². The predicted molar refractivity (Wildman–Crippen MR) is 76.0 cm³/mol. The van der Waals surface area contributed by atoms with Gasteiger partial charge in [-0.15, -0.1) is 0 Å². The predicted octanol–water partition coefficient (Wildman–Crippen LogP) is 2.45. The van der Waals surface area contributed by atoms with Crippen molar-refractivity contribution in [2.45, 2.75) is 13.5 Å². The molecule has 96 valence electrons. The van der Waals surface area contributed by atoms with Gasteiger partial charge in [0, 0.05) is 0 Å². The Labute approximate surface area is 114 Å². The molecule has 0 aliphatic carbocycles. The topological polar surface area (TPSA) is 39.8 Å². The summed E-state index contributed by atoms with van der Waals surface area (Å²) in [5.74, 6) is 0.722. The van der Waals surface area contributed by atoms with E-state index in [1.165, 1.54) is 4.68 Å². The Morgan fingerprint density at radius 3 is 2.68 bits per heavy atom. The molecule has 3 rings (SSSR count). The number of benzene rings is 1. The molecule has 3 aromatic rings. The third-order valence-corrected chi connectivity index (χ3v) is 3.70. The first-order chi connectivity index (χ1) is 9.25. The summed E-state index contributed by atoms with van der Waals surface area (Å²) < 4.78 is 3.14. The summed E-state index contributed by atoms with van der Waals surface area (Å²) in [5.41, 5.74) is 1.82. The standard InChI is InChI=1S/C14H13N3OS/c1-11-15-17(13-5-3-2-4-6-13)14(18)16(11)9-12-7-8-19-10-12/h2-8,10H,9H2,1H3. The van der Waals surface area contributed by atoms with Crippen LogP contribution in [0.5, 0.6) is 0 Å². The third kappa shape index (κ3) is 2.24. The molecule has 4 nitrogen and oxygen atoms in total. The first-order valence-electron chi connectivity index (χ1n) is 5.98. The van der Waals surface area contributed by atoms with Gasteiger partial charge in [-0.25, -0.2) is 4.79 Å². The highest BCUT2D eigenvalue weighted by Crippen LogP contribution is 2.09. The number of aryl methyl sites for hydroxylation is 1. The van der Waals surface area contributed by atoms with E-state index in [0.29, 0.717) is 6.54 Å². The molecule has 0 saturated heterocycles. The van der Waals surface area contributed by atoms with Crippen molar-refractivity contribution in [3.05, 3.63) is 69.0 Å². The average molecular weight is 271 g/mol. The molecule has 0 unspecified atom stereocenters. The van der Waals surface area contributed by atoms with E-state index in [-0.39, 0.29) is 5.69 Å². The average Bonchev–Trinajstić information content (AvgIpc) is 3.03. The number of para-hydroxylation sites is 1. The van der Waals surface area contributed by atoms with Gasteiger partial charge in [0.15, 0.2) is 0 Å². The van der Waals surface area contributed by atoms with Gasteiger partial charge in [0.2, 0.25) is 0 Å². The van der Waals surface area contributed by atoms with Crippen LogP contribution >= 0.6 is 11.3 Å². The van der Waals surface area contributed by atoms with E-state index in [1.54, 1.807) is 15.9 Å². The summed E-state index contributed by atoms with van der Waals surface area (Å²) in [6, 6.07) is 11.5. The summed E-state index contributed by atoms with van der Waals surface area (Å²) in [6.45, 7) is 2.42. The molecule has 2 aromatic heterocycles. The lowest BCUT2D eigenvalue weighted by atomic mass is 10.3. The molecule has 19 heavy (non-hydrogen) atoms. The van der Waals surface area contributed by atoms with Gasteiger partial charge in [-0.1, -0.05) is 18.2 Å². The zero-order valence-electron chi connectivity index (χ0n) is 10.5. The lowest BCUT2D eigenvalue weighted by molar-refractivity contribution is 0.725. The Morgan fingerprint density at radius 1 is 1.21 bits per heavy atom. The highest BCUT2D eigenvalue weighted by molar-refractivity contribution is 7.07. The van der Waals surface area contributed by atoms with Crippen molar-refractivity contribution in [1.82, 2.24) is 14.3 Å². The molecule has 0 N–H and O–H groups in total. The van der Waals surface area contributed by atoms with Gasteiger partial charge in [-0.2, -0.15) is 21.1 Å². The first kappa shape index (κ1) is 11.9. The molecule has 0 amide bonds. The number of hydrogen-bond donors (Lipinski definition) is 0. The Kier molecular flexibility index (Phi) is 3.05. The van der Waals surface area contributed by atoms with Gasteiger partial charge in [-0.3, -0.25) is 4.57 Å². The summed E-state index contributed by atoms with van der Waals surface area (Å²) in [7, 11) is 0. The number of thiophene rings is 1. The van der Waals surface area contributed by atoms with E-state index < -0.39 is 0 Å². The fourth-order valence-electron chi connectivity index (χ4n) is 1.98. The molecule has 0 aliphatic rings. The maximum atomic E-state index is 12.4. The summed E-state index contributed by atoms with van der Waals surface area (Å²) in [5, 5.41) is 8.39. The smallest absolute Gasteiger partial charge is 0.274 e.